The van der Waals surface area contributed by atoms with Crippen molar-refractivity contribution in [1.29, 1.82) is 0 Å². The molecule has 4 nitrogen and oxygen atoms in total. The highest BCUT2D eigenvalue weighted by Crippen LogP contribution is 2.30. The minimum absolute atomic E-state index is 0.442. The molecule has 0 radical (unpaired) electrons. The monoisotopic (exact) mass is 283 g/mol. The second-order valence-corrected chi connectivity index (χ2v) is 4.98. The summed E-state index contributed by atoms with van der Waals surface area (Å²) in [6.07, 6.45) is 2.08. The molecular weight excluding hydrogens is 262 g/mol. The van der Waals surface area contributed by atoms with Crippen LogP contribution in [0, 0.1) is 0 Å². The SMILES string of the molecule is CCCCN(c1ccccc1)c1cc(N)ccc1C(N)=O. The number of nitrogen functional groups attached to an aromatic ring is 1. The molecule has 21 heavy (non-hydrogen) atoms. The van der Waals surface area contributed by atoms with Crippen molar-refractivity contribution in [2.45, 2.75) is 19.8 Å². The van der Waals surface area contributed by atoms with Gasteiger partial charge in [-0.15, -0.1) is 0 Å². The zero-order valence-corrected chi connectivity index (χ0v) is 12.3. The van der Waals surface area contributed by atoms with Crippen molar-refractivity contribution in [3.05, 3.63) is 54.1 Å². The largest absolute Gasteiger partial charge is 0.399 e. The molecule has 0 aliphatic heterocycles. The molecule has 1 amide bonds. The van der Waals surface area contributed by atoms with Gasteiger partial charge >= 0.3 is 0 Å². The van der Waals surface area contributed by atoms with E-state index in [4.69, 9.17) is 11.5 Å². The maximum Gasteiger partial charge on any atom is 0.250 e. The van der Waals surface area contributed by atoms with Crippen molar-refractivity contribution in [3.8, 4) is 0 Å². The molecule has 0 spiro atoms. The lowest BCUT2D eigenvalue weighted by molar-refractivity contribution is 0.100. The van der Waals surface area contributed by atoms with E-state index >= 15 is 0 Å². The zero-order chi connectivity index (χ0) is 15.2. The van der Waals surface area contributed by atoms with Crippen molar-refractivity contribution in [2.75, 3.05) is 17.2 Å². The molecule has 0 fully saturated rings. The van der Waals surface area contributed by atoms with E-state index < -0.39 is 5.91 Å². The second-order valence-electron chi connectivity index (χ2n) is 4.98. The first kappa shape index (κ1) is 14.9. The van der Waals surface area contributed by atoms with E-state index in [0.29, 0.717) is 11.3 Å². The lowest BCUT2D eigenvalue weighted by atomic mass is 10.1. The number of primary amides is 1. The minimum Gasteiger partial charge on any atom is -0.399 e. The number of para-hydroxylation sites is 1. The van der Waals surface area contributed by atoms with Gasteiger partial charge in [0, 0.05) is 17.9 Å². The fraction of sp³-hybridized carbons (Fsp3) is 0.235. The van der Waals surface area contributed by atoms with Gasteiger partial charge in [0.2, 0.25) is 0 Å². The van der Waals surface area contributed by atoms with Gasteiger partial charge in [0.15, 0.2) is 0 Å². The van der Waals surface area contributed by atoms with Crippen LogP contribution in [-0.2, 0) is 0 Å². The molecule has 2 rings (SSSR count). The molecule has 0 atom stereocenters. The fourth-order valence-corrected chi connectivity index (χ4v) is 2.29. The molecule has 0 unspecified atom stereocenters. The summed E-state index contributed by atoms with van der Waals surface area (Å²) < 4.78 is 0. The predicted octanol–water partition coefficient (Wildman–Crippen LogP) is 3.31. The molecule has 0 saturated heterocycles. The topological polar surface area (TPSA) is 72.3 Å². The molecule has 0 saturated carbocycles. The number of amides is 1. The number of carbonyl (C=O) groups is 1. The zero-order valence-electron chi connectivity index (χ0n) is 12.3. The van der Waals surface area contributed by atoms with E-state index in [9.17, 15) is 4.79 Å². The van der Waals surface area contributed by atoms with Crippen molar-refractivity contribution in [3.63, 3.8) is 0 Å². The number of unbranched alkanes of at least 4 members (excludes halogenated alkanes) is 1. The summed E-state index contributed by atoms with van der Waals surface area (Å²) in [5.41, 5.74) is 14.3. The number of anilines is 3. The Balaban J connectivity index is 2.50. The van der Waals surface area contributed by atoms with Gasteiger partial charge in [0.25, 0.3) is 5.91 Å². The van der Waals surface area contributed by atoms with Gasteiger partial charge in [0.1, 0.15) is 0 Å². The third-order valence-corrected chi connectivity index (χ3v) is 3.38. The van der Waals surface area contributed by atoms with Crippen LogP contribution >= 0.6 is 0 Å². The Bertz CT molecular complexity index is 611. The number of hydrogen-bond acceptors (Lipinski definition) is 3. The molecule has 0 bridgehead atoms. The molecule has 4 N–H and O–H groups in total. The van der Waals surface area contributed by atoms with Crippen molar-refractivity contribution in [2.24, 2.45) is 5.73 Å². The third kappa shape index (κ3) is 3.54. The Labute approximate surface area is 125 Å². The van der Waals surface area contributed by atoms with Gasteiger partial charge < -0.3 is 16.4 Å². The Hall–Kier alpha value is -2.49. The number of rotatable bonds is 6. The van der Waals surface area contributed by atoms with Gasteiger partial charge in [-0.1, -0.05) is 31.5 Å². The first-order chi connectivity index (χ1) is 10.1. The fourth-order valence-electron chi connectivity index (χ4n) is 2.29. The average Bonchev–Trinajstić information content (AvgIpc) is 2.48. The first-order valence-electron chi connectivity index (χ1n) is 7.15. The summed E-state index contributed by atoms with van der Waals surface area (Å²) in [5.74, 6) is -0.442. The average molecular weight is 283 g/mol. The number of carbonyl (C=O) groups excluding carboxylic acids is 1. The van der Waals surface area contributed by atoms with Crippen LogP contribution in [0.3, 0.4) is 0 Å². The maximum absolute atomic E-state index is 11.7. The molecule has 0 aliphatic carbocycles. The van der Waals surface area contributed by atoms with Crippen molar-refractivity contribution in [1.82, 2.24) is 0 Å². The van der Waals surface area contributed by atoms with E-state index in [1.807, 2.05) is 36.4 Å². The standard InChI is InChI=1S/C17H21N3O/c1-2-3-11-20(14-7-5-4-6-8-14)16-12-13(18)9-10-15(16)17(19)21/h4-10,12H,2-3,11,18H2,1H3,(H2,19,21). The first-order valence-corrected chi connectivity index (χ1v) is 7.15. The highest BCUT2D eigenvalue weighted by molar-refractivity contribution is 6.00. The number of nitrogens with zero attached hydrogens (tertiary/aromatic N) is 1. The molecule has 110 valence electrons. The van der Waals surface area contributed by atoms with Crippen LogP contribution in [0.4, 0.5) is 17.1 Å². The van der Waals surface area contributed by atoms with Gasteiger partial charge in [-0.25, -0.2) is 0 Å². The summed E-state index contributed by atoms with van der Waals surface area (Å²) in [6, 6.07) is 15.2. The quantitative estimate of drug-likeness (QED) is 0.799. The van der Waals surface area contributed by atoms with Gasteiger partial charge in [-0.3, -0.25) is 4.79 Å². The van der Waals surface area contributed by atoms with E-state index in [1.54, 1.807) is 12.1 Å². The highest BCUT2D eigenvalue weighted by atomic mass is 16.1. The van der Waals surface area contributed by atoms with Crippen LogP contribution in [-0.4, -0.2) is 12.5 Å². The van der Waals surface area contributed by atoms with E-state index in [1.165, 1.54) is 0 Å². The molecule has 0 aromatic heterocycles. The summed E-state index contributed by atoms with van der Waals surface area (Å²) in [5, 5.41) is 0. The molecule has 4 heteroatoms. The minimum atomic E-state index is -0.442. The Kier molecular flexibility index (Phi) is 4.82. The second kappa shape index (κ2) is 6.79. The lowest BCUT2D eigenvalue weighted by Crippen LogP contribution is -2.23. The van der Waals surface area contributed by atoms with Crippen LogP contribution in [0.2, 0.25) is 0 Å². The Morgan fingerprint density at radius 3 is 2.48 bits per heavy atom. The van der Waals surface area contributed by atoms with E-state index in [0.717, 1.165) is 30.8 Å². The smallest absolute Gasteiger partial charge is 0.250 e. The van der Waals surface area contributed by atoms with E-state index in [-0.39, 0.29) is 0 Å². The van der Waals surface area contributed by atoms with Crippen molar-refractivity contribution < 1.29 is 4.79 Å². The van der Waals surface area contributed by atoms with Crippen LogP contribution in [0.15, 0.2) is 48.5 Å². The van der Waals surface area contributed by atoms with Crippen LogP contribution in [0.25, 0.3) is 0 Å². The summed E-state index contributed by atoms with van der Waals surface area (Å²) in [4.78, 5) is 13.8. The normalized spacial score (nSPS) is 10.3. The summed E-state index contributed by atoms with van der Waals surface area (Å²) in [6.45, 7) is 2.95. The van der Waals surface area contributed by atoms with Crippen LogP contribution in [0.1, 0.15) is 30.1 Å². The highest BCUT2D eigenvalue weighted by Gasteiger charge is 2.16. The predicted molar refractivity (Wildman–Crippen MR) is 87.7 cm³/mol. The maximum atomic E-state index is 11.7. The van der Waals surface area contributed by atoms with Gasteiger partial charge in [-0.2, -0.15) is 0 Å². The van der Waals surface area contributed by atoms with Crippen LogP contribution < -0.4 is 16.4 Å². The molecule has 0 aliphatic rings. The van der Waals surface area contributed by atoms with Gasteiger partial charge in [-0.05, 0) is 36.8 Å². The van der Waals surface area contributed by atoms with Crippen molar-refractivity contribution >= 4 is 23.0 Å². The number of hydrogen-bond donors (Lipinski definition) is 2. The summed E-state index contributed by atoms with van der Waals surface area (Å²) >= 11 is 0. The third-order valence-electron chi connectivity index (χ3n) is 3.38. The number of nitrogens with two attached hydrogens (primary N) is 2. The van der Waals surface area contributed by atoms with Crippen LogP contribution in [0.5, 0.6) is 0 Å². The number of benzene rings is 2. The molecule has 0 heterocycles. The molecule has 2 aromatic carbocycles. The Morgan fingerprint density at radius 2 is 1.86 bits per heavy atom. The van der Waals surface area contributed by atoms with E-state index in [2.05, 4.69) is 11.8 Å². The lowest BCUT2D eigenvalue weighted by Gasteiger charge is -2.27. The summed E-state index contributed by atoms with van der Waals surface area (Å²) in [7, 11) is 0. The van der Waals surface area contributed by atoms with Gasteiger partial charge in [0.05, 0.1) is 11.3 Å². The molecular formula is C17H21N3O. The Morgan fingerprint density at radius 1 is 1.14 bits per heavy atom. The molecule has 2 aromatic rings.